The highest BCUT2D eigenvalue weighted by Gasteiger charge is 2.43. The Kier molecular flexibility index (Phi) is 7.62. The first kappa shape index (κ1) is 23.2. The first-order chi connectivity index (χ1) is 14.8. The van der Waals surface area contributed by atoms with Crippen molar-refractivity contribution in [2.75, 3.05) is 6.61 Å². The van der Waals surface area contributed by atoms with E-state index in [1.807, 2.05) is 74.5 Å². The van der Waals surface area contributed by atoms with Crippen LogP contribution in [0.15, 0.2) is 60.7 Å². The van der Waals surface area contributed by atoms with Gasteiger partial charge in [0.05, 0.1) is 6.61 Å². The molecule has 31 heavy (non-hydrogen) atoms. The summed E-state index contributed by atoms with van der Waals surface area (Å²) in [7, 11) is 0. The monoisotopic (exact) mass is 442 g/mol. The summed E-state index contributed by atoms with van der Waals surface area (Å²) in [5.74, 6) is 0. The molecule has 2 aromatic carbocycles. The standard InChI is InChI=1S/C24H27ClN2O4/c1-16-15-17(2)27-23(26-16)31-21(22(28)29)24(3,19-7-5-4-6-8-19)30-14-13-18-9-11-20(25)12-10-18/h4-12,15,21-22,28-29H,13-14H2,1-3H3/t21-,24?/m1/s1. The summed E-state index contributed by atoms with van der Waals surface area (Å²) >= 11 is 5.96. The second-order valence-corrected chi connectivity index (χ2v) is 8.02. The maximum Gasteiger partial charge on any atom is 0.317 e. The Morgan fingerprint density at radius 2 is 1.58 bits per heavy atom. The maximum absolute atomic E-state index is 10.2. The molecule has 0 saturated heterocycles. The van der Waals surface area contributed by atoms with E-state index in [0.717, 1.165) is 22.5 Å². The van der Waals surface area contributed by atoms with Crippen molar-refractivity contribution < 1.29 is 19.7 Å². The van der Waals surface area contributed by atoms with E-state index < -0.39 is 18.0 Å². The Bertz CT molecular complexity index is 962. The third-order valence-electron chi connectivity index (χ3n) is 5.06. The van der Waals surface area contributed by atoms with Crippen molar-refractivity contribution in [3.8, 4) is 6.01 Å². The number of ether oxygens (including phenoxy) is 2. The molecule has 0 fully saturated rings. The highest BCUT2D eigenvalue weighted by molar-refractivity contribution is 6.30. The first-order valence-electron chi connectivity index (χ1n) is 10.1. The van der Waals surface area contributed by atoms with Crippen molar-refractivity contribution >= 4 is 11.6 Å². The van der Waals surface area contributed by atoms with Crippen molar-refractivity contribution in [3.05, 3.63) is 88.2 Å². The lowest BCUT2D eigenvalue weighted by Crippen LogP contribution is -2.50. The van der Waals surface area contributed by atoms with Gasteiger partial charge in [-0.2, -0.15) is 0 Å². The Morgan fingerprint density at radius 3 is 2.16 bits per heavy atom. The van der Waals surface area contributed by atoms with Crippen molar-refractivity contribution in [3.63, 3.8) is 0 Å². The van der Waals surface area contributed by atoms with Crippen LogP contribution in [0.1, 0.15) is 29.4 Å². The second-order valence-electron chi connectivity index (χ2n) is 7.58. The van der Waals surface area contributed by atoms with Crippen LogP contribution in [0.3, 0.4) is 0 Å². The molecular weight excluding hydrogens is 416 g/mol. The van der Waals surface area contributed by atoms with Gasteiger partial charge < -0.3 is 19.7 Å². The van der Waals surface area contributed by atoms with E-state index in [0.29, 0.717) is 18.1 Å². The fourth-order valence-corrected chi connectivity index (χ4v) is 3.57. The molecule has 1 aromatic heterocycles. The molecule has 1 unspecified atom stereocenters. The van der Waals surface area contributed by atoms with Gasteiger partial charge in [0.25, 0.3) is 0 Å². The summed E-state index contributed by atoms with van der Waals surface area (Å²) in [5.41, 5.74) is 2.06. The summed E-state index contributed by atoms with van der Waals surface area (Å²) in [6.07, 6.45) is -2.38. The van der Waals surface area contributed by atoms with E-state index in [9.17, 15) is 10.2 Å². The van der Waals surface area contributed by atoms with Gasteiger partial charge in [0.2, 0.25) is 0 Å². The molecule has 3 rings (SSSR count). The van der Waals surface area contributed by atoms with E-state index in [1.54, 1.807) is 6.92 Å². The molecule has 0 amide bonds. The topological polar surface area (TPSA) is 84.7 Å². The SMILES string of the molecule is Cc1cc(C)nc(O[C@H](C(O)O)C(C)(OCCc2ccc(Cl)cc2)c2ccccc2)n1. The lowest BCUT2D eigenvalue weighted by atomic mass is 9.89. The summed E-state index contributed by atoms with van der Waals surface area (Å²) in [6.45, 7) is 5.75. The molecule has 0 aliphatic carbocycles. The molecule has 0 aliphatic rings. The quantitative estimate of drug-likeness (QED) is 0.487. The predicted octanol–water partition coefficient (Wildman–Crippen LogP) is 3.98. The largest absolute Gasteiger partial charge is 0.451 e. The van der Waals surface area contributed by atoms with Crippen LogP contribution < -0.4 is 4.74 Å². The van der Waals surface area contributed by atoms with Crippen molar-refractivity contribution in [1.29, 1.82) is 0 Å². The van der Waals surface area contributed by atoms with Crippen LogP contribution in [0, 0.1) is 13.8 Å². The zero-order valence-electron chi connectivity index (χ0n) is 17.8. The number of rotatable bonds is 9. The summed E-state index contributed by atoms with van der Waals surface area (Å²) in [4.78, 5) is 8.55. The molecule has 0 radical (unpaired) electrons. The number of aliphatic hydroxyl groups excluding tert-OH is 1. The fourth-order valence-electron chi connectivity index (χ4n) is 3.45. The molecule has 3 aromatic rings. The van der Waals surface area contributed by atoms with Gasteiger partial charge in [0.1, 0.15) is 5.60 Å². The van der Waals surface area contributed by atoms with Crippen LogP contribution in [0.4, 0.5) is 0 Å². The zero-order valence-corrected chi connectivity index (χ0v) is 18.6. The average Bonchev–Trinajstić information content (AvgIpc) is 2.73. The lowest BCUT2D eigenvalue weighted by molar-refractivity contribution is -0.202. The van der Waals surface area contributed by atoms with Gasteiger partial charge in [0, 0.05) is 16.4 Å². The van der Waals surface area contributed by atoms with Gasteiger partial charge in [-0.25, -0.2) is 9.97 Å². The van der Waals surface area contributed by atoms with E-state index in [-0.39, 0.29) is 6.01 Å². The Labute approximate surface area is 187 Å². The zero-order chi connectivity index (χ0) is 22.4. The van der Waals surface area contributed by atoms with Crippen LogP contribution in [-0.2, 0) is 16.8 Å². The Hall–Kier alpha value is -2.51. The molecule has 0 spiro atoms. The van der Waals surface area contributed by atoms with Crippen molar-refractivity contribution in [1.82, 2.24) is 9.97 Å². The third-order valence-corrected chi connectivity index (χ3v) is 5.31. The number of aryl methyl sites for hydroxylation is 2. The third kappa shape index (κ3) is 6.02. The minimum absolute atomic E-state index is 0.0686. The number of nitrogens with zero attached hydrogens (tertiary/aromatic N) is 2. The van der Waals surface area contributed by atoms with Gasteiger partial charge in [-0.1, -0.05) is 54.1 Å². The molecule has 6 nitrogen and oxygen atoms in total. The highest BCUT2D eigenvalue weighted by Crippen LogP contribution is 2.33. The van der Waals surface area contributed by atoms with Crippen LogP contribution in [-0.4, -0.2) is 39.2 Å². The Balaban J connectivity index is 1.88. The molecule has 0 aliphatic heterocycles. The molecule has 2 atom stereocenters. The van der Waals surface area contributed by atoms with Crippen LogP contribution >= 0.6 is 11.6 Å². The molecule has 0 bridgehead atoms. The van der Waals surface area contributed by atoms with Crippen LogP contribution in [0.5, 0.6) is 6.01 Å². The van der Waals surface area contributed by atoms with E-state index in [1.165, 1.54) is 0 Å². The van der Waals surface area contributed by atoms with E-state index in [2.05, 4.69) is 9.97 Å². The number of benzene rings is 2. The summed E-state index contributed by atoms with van der Waals surface area (Å²) in [5, 5.41) is 21.1. The minimum Gasteiger partial charge on any atom is -0.451 e. The normalized spacial score (nSPS) is 14.3. The first-order valence-corrected chi connectivity index (χ1v) is 10.4. The number of aliphatic hydroxyl groups is 2. The van der Waals surface area contributed by atoms with E-state index >= 15 is 0 Å². The smallest absolute Gasteiger partial charge is 0.317 e. The molecule has 164 valence electrons. The number of hydrogen-bond donors (Lipinski definition) is 2. The summed E-state index contributed by atoms with van der Waals surface area (Å²) in [6, 6.07) is 18.8. The van der Waals surface area contributed by atoms with Gasteiger partial charge in [0.15, 0.2) is 12.4 Å². The molecule has 2 N–H and O–H groups in total. The molecule has 1 heterocycles. The molecule has 7 heteroatoms. The van der Waals surface area contributed by atoms with Gasteiger partial charge in [-0.15, -0.1) is 0 Å². The number of hydrogen-bond acceptors (Lipinski definition) is 6. The predicted molar refractivity (Wildman–Crippen MR) is 119 cm³/mol. The van der Waals surface area contributed by atoms with E-state index in [4.69, 9.17) is 21.1 Å². The number of aromatic nitrogens is 2. The van der Waals surface area contributed by atoms with Crippen LogP contribution in [0.2, 0.25) is 5.02 Å². The van der Waals surface area contributed by atoms with Gasteiger partial charge in [-0.3, -0.25) is 0 Å². The second kappa shape index (κ2) is 10.2. The summed E-state index contributed by atoms with van der Waals surface area (Å²) < 4.78 is 12.2. The number of halogens is 1. The Morgan fingerprint density at radius 1 is 0.968 bits per heavy atom. The van der Waals surface area contributed by atoms with Crippen LogP contribution in [0.25, 0.3) is 0 Å². The van der Waals surface area contributed by atoms with Crippen molar-refractivity contribution in [2.24, 2.45) is 0 Å². The van der Waals surface area contributed by atoms with Crippen molar-refractivity contribution in [2.45, 2.75) is 45.2 Å². The highest BCUT2D eigenvalue weighted by atomic mass is 35.5. The van der Waals surface area contributed by atoms with Gasteiger partial charge in [-0.05, 0) is 56.5 Å². The maximum atomic E-state index is 10.2. The van der Waals surface area contributed by atoms with Gasteiger partial charge >= 0.3 is 6.01 Å². The fraction of sp³-hybridized carbons (Fsp3) is 0.333. The average molecular weight is 443 g/mol. The minimum atomic E-state index is -1.83. The molecular formula is C24H27ClN2O4. The lowest BCUT2D eigenvalue weighted by Gasteiger charge is -2.38. The molecule has 0 saturated carbocycles.